The zero-order valence-corrected chi connectivity index (χ0v) is 10.6. The normalized spacial score (nSPS) is 16.2. The van der Waals surface area contributed by atoms with Crippen molar-refractivity contribution < 1.29 is 36.6 Å². The molecule has 0 fully saturated rings. The average Bonchev–Trinajstić information content (AvgIpc) is 2.29. The third kappa shape index (κ3) is 9.34. The van der Waals surface area contributed by atoms with Gasteiger partial charge in [0.1, 0.15) is 0 Å². The summed E-state index contributed by atoms with van der Waals surface area (Å²) in [7, 11) is 0. The molecule has 0 bridgehead atoms. The summed E-state index contributed by atoms with van der Waals surface area (Å²) in [4.78, 5) is 0. The highest BCUT2D eigenvalue weighted by molar-refractivity contribution is 4.69. The van der Waals surface area contributed by atoms with Crippen molar-refractivity contribution in [2.75, 3.05) is 26.2 Å². The maximum absolute atomic E-state index is 11.9. The number of hydrogen-bond acceptors (Lipinski definition) is 4. The van der Waals surface area contributed by atoms with Gasteiger partial charge in [-0.05, 0) is 25.9 Å². The van der Waals surface area contributed by atoms with E-state index in [2.05, 4.69) is 10.6 Å². The van der Waals surface area contributed by atoms with E-state index in [1.165, 1.54) is 0 Å². The third-order valence-corrected chi connectivity index (χ3v) is 2.39. The maximum atomic E-state index is 11.9. The van der Waals surface area contributed by atoms with Gasteiger partial charge >= 0.3 is 12.4 Å². The van der Waals surface area contributed by atoms with E-state index < -0.39 is 37.7 Å². The molecule has 0 saturated carbocycles. The lowest BCUT2D eigenvalue weighted by Gasteiger charge is -2.15. The van der Waals surface area contributed by atoms with Crippen LogP contribution in [0.2, 0.25) is 0 Å². The highest BCUT2D eigenvalue weighted by Gasteiger charge is 2.38. The third-order valence-electron chi connectivity index (χ3n) is 2.39. The molecule has 0 rings (SSSR count). The van der Waals surface area contributed by atoms with E-state index in [1.54, 1.807) is 0 Å². The number of aliphatic hydroxyl groups is 2. The Labute approximate surface area is 112 Å². The molecule has 0 unspecified atom stereocenters. The fourth-order valence-corrected chi connectivity index (χ4v) is 1.21. The molecule has 0 aliphatic heterocycles. The number of rotatable bonds is 9. The zero-order valence-electron chi connectivity index (χ0n) is 10.6. The van der Waals surface area contributed by atoms with Crippen molar-refractivity contribution in [2.45, 2.75) is 37.4 Å². The van der Waals surface area contributed by atoms with Crippen molar-refractivity contribution in [3.05, 3.63) is 0 Å². The largest absolute Gasteiger partial charge is 0.415 e. The van der Waals surface area contributed by atoms with Crippen molar-refractivity contribution in [1.82, 2.24) is 10.6 Å². The number of hydrogen-bond donors (Lipinski definition) is 4. The summed E-state index contributed by atoms with van der Waals surface area (Å²) in [5.74, 6) is 0. The predicted molar refractivity (Wildman–Crippen MR) is 59.1 cm³/mol. The first-order chi connectivity index (χ1) is 9.05. The fourth-order valence-electron chi connectivity index (χ4n) is 1.21. The van der Waals surface area contributed by atoms with Crippen LogP contribution in [0, 0.1) is 0 Å². The van der Waals surface area contributed by atoms with Crippen molar-refractivity contribution >= 4 is 0 Å². The maximum Gasteiger partial charge on any atom is 0.415 e. The summed E-state index contributed by atoms with van der Waals surface area (Å²) in [5.41, 5.74) is 0. The van der Waals surface area contributed by atoms with Gasteiger partial charge in [0.05, 0.1) is 0 Å². The van der Waals surface area contributed by atoms with Crippen molar-refractivity contribution in [1.29, 1.82) is 0 Å². The molecule has 20 heavy (non-hydrogen) atoms. The lowest BCUT2D eigenvalue weighted by atomic mass is 10.2. The van der Waals surface area contributed by atoms with E-state index in [0.717, 1.165) is 0 Å². The molecule has 0 aromatic carbocycles. The minimum absolute atomic E-state index is 0.205. The molecule has 4 N–H and O–H groups in total. The molecular formula is C10H18F6N2O2. The Hall–Kier alpha value is -0.580. The molecule has 10 heteroatoms. The van der Waals surface area contributed by atoms with Gasteiger partial charge in [-0.3, -0.25) is 0 Å². The fraction of sp³-hybridized carbons (Fsp3) is 1.00. The monoisotopic (exact) mass is 312 g/mol. The van der Waals surface area contributed by atoms with Crippen LogP contribution in [0.4, 0.5) is 26.3 Å². The van der Waals surface area contributed by atoms with E-state index in [0.29, 0.717) is 12.8 Å². The van der Waals surface area contributed by atoms with Crippen LogP contribution in [0.3, 0.4) is 0 Å². The van der Waals surface area contributed by atoms with Crippen LogP contribution in [0.1, 0.15) is 12.8 Å². The molecule has 2 atom stereocenters. The van der Waals surface area contributed by atoms with Gasteiger partial charge in [-0.1, -0.05) is 0 Å². The molecule has 122 valence electrons. The molecule has 0 saturated heterocycles. The topological polar surface area (TPSA) is 64.5 Å². The van der Waals surface area contributed by atoms with E-state index >= 15 is 0 Å². The number of aliphatic hydroxyl groups excluding tert-OH is 2. The zero-order chi connectivity index (χ0) is 15.8. The second-order valence-corrected chi connectivity index (χ2v) is 4.23. The van der Waals surface area contributed by atoms with Gasteiger partial charge in [0, 0.05) is 13.1 Å². The van der Waals surface area contributed by atoms with Gasteiger partial charge in [-0.25, -0.2) is 0 Å². The summed E-state index contributed by atoms with van der Waals surface area (Å²) < 4.78 is 71.3. The van der Waals surface area contributed by atoms with Gasteiger partial charge in [0.15, 0.2) is 12.2 Å². The average molecular weight is 312 g/mol. The molecule has 0 amide bonds. The first-order valence-corrected chi connectivity index (χ1v) is 5.96. The summed E-state index contributed by atoms with van der Waals surface area (Å²) >= 11 is 0. The van der Waals surface area contributed by atoms with Crippen molar-refractivity contribution in [3.63, 3.8) is 0 Å². The van der Waals surface area contributed by atoms with Gasteiger partial charge in [-0.15, -0.1) is 0 Å². The van der Waals surface area contributed by atoms with Crippen molar-refractivity contribution in [2.24, 2.45) is 0 Å². The van der Waals surface area contributed by atoms with E-state index in [1.807, 2.05) is 0 Å². The lowest BCUT2D eigenvalue weighted by Crippen LogP contribution is -2.39. The van der Waals surface area contributed by atoms with E-state index in [4.69, 9.17) is 10.2 Å². The molecule has 4 nitrogen and oxygen atoms in total. The van der Waals surface area contributed by atoms with E-state index in [9.17, 15) is 26.3 Å². The van der Waals surface area contributed by atoms with Gasteiger partial charge in [-0.2, -0.15) is 26.3 Å². The Morgan fingerprint density at radius 3 is 1.25 bits per heavy atom. The van der Waals surface area contributed by atoms with Crippen LogP contribution < -0.4 is 10.6 Å². The molecule has 0 radical (unpaired) electrons. The molecule has 0 heterocycles. The van der Waals surface area contributed by atoms with Crippen LogP contribution in [0.15, 0.2) is 0 Å². The summed E-state index contributed by atoms with van der Waals surface area (Å²) in [5, 5.41) is 22.0. The Kier molecular flexibility index (Phi) is 8.40. The molecule has 0 aliphatic rings. The number of nitrogens with one attached hydrogen (secondary N) is 2. The highest BCUT2D eigenvalue weighted by atomic mass is 19.4. The molecule has 0 aliphatic carbocycles. The lowest BCUT2D eigenvalue weighted by molar-refractivity contribution is -0.202. The summed E-state index contributed by atoms with van der Waals surface area (Å²) in [6.45, 7) is -0.833. The van der Waals surface area contributed by atoms with Crippen LogP contribution in [0.5, 0.6) is 0 Å². The van der Waals surface area contributed by atoms with Gasteiger partial charge in [0.2, 0.25) is 0 Å². The first kappa shape index (κ1) is 19.4. The number of unbranched alkanes of at least 4 members (excludes halogenated alkanes) is 1. The van der Waals surface area contributed by atoms with Gasteiger partial charge in [0.25, 0.3) is 0 Å². The Balaban J connectivity index is 3.42. The molecule has 0 aromatic rings. The number of alkyl halides is 6. The van der Waals surface area contributed by atoms with Gasteiger partial charge < -0.3 is 20.8 Å². The van der Waals surface area contributed by atoms with Crippen LogP contribution in [-0.2, 0) is 0 Å². The first-order valence-electron chi connectivity index (χ1n) is 5.96. The van der Waals surface area contributed by atoms with E-state index in [-0.39, 0.29) is 13.1 Å². The smallest absolute Gasteiger partial charge is 0.382 e. The highest BCUT2D eigenvalue weighted by Crippen LogP contribution is 2.19. The van der Waals surface area contributed by atoms with Crippen molar-refractivity contribution in [3.8, 4) is 0 Å². The predicted octanol–water partition coefficient (Wildman–Crippen LogP) is 0.792. The minimum Gasteiger partial charge on any atom is -0.382 e. The second kappa shape index (κ2) is 8.65. The number of halogens is 6. The molecule has 0 spiro atoms. The van der Waals surface area contributed by atoms with Crippen LogP contribution in [0.25, 0.3) is 0 Å². The Bertz CT molecular complexity index is 233. The molecular weight excluding hydrogens is 294 g/mol. The Morgan fingerprint density at radius 2 is 1.00 bits per heavy atom. The van der Waals surface area contributed by atoms with Crippen LogP contribution >= 0.6 is 0 Å². The molecule has 0 aromatic heterocycles. The standard InChI is InChI=1S/C10H18F6N2O2/c11-9(12,13)7(19)5-17-3-1-2-4-18-6-8(20)10(14,15)16/h7-8,17-20H,1-6H2/t7-,8-/m0/s1. The second-order valence-electron chi connectivity index (χ2n) is 4.23. The van der Waals surface area contributed by atoms with Crippen LogP contribution in [-0.4, -0.2) is 61.0 Å². The quantitative estimate of drug-likeness (QED) is 0.375. The summed E-state index contributed by atoms with van der Waals surface area (Å²) in [6, 6.07) is 0. The SMILES string of the molecule is O[C@@H](CNCCCCNC[C@H](O)C(F)(F)F)C(F)(F)F. The Morgan fingerprint density at radius 1 is 0.700 bits per heavy atom. The minimum atomic E-state index is -4.66. The summed E-state index contributed by atoms with van der Waals surface area (Å²) in [6.07, 6.45) is -13.3.